The molecule has 2 aromatic carbocycles. The van der Waals surface area contributed by atoms with Crippen LogP contribution in [0, 0.1) is 13.8 Å². The first-order valence-corrected chi connectivity index (χ1v) is 9.57. The van der Waals surface area contributed by atoms with Crippen LogP contribution in [0.5, 0.6) is 0 Å². The van der Waals surface area contributed by atoms with Gasteiger partial charge in [0.2, 0.25) is 5.91 Å². The van der Waals surface area contributed by atoms with Crippen LogP contribution in [0.2, 0.25) is 10.0 Å². The van der Waals surface area contributed by atoms with E-state index in [1.807, 2.05) is 26.0 Å². The molecule has 3 aromatic rings. The fourth-order valence-corrected chi connectivity index (χ4v) is 4.02. The van der Waals surface area contributed by atoms with Gasteiger partial charge in [0.1, 0.15) is 5.82 Å². The maximum absolute atomic E-state index is 13.2. The summed E-state index contributed by atoms with van der Waals surface area (Å²) in [4.78, 5) is 25.7. The number of carbonyl (C=O) groups is 2. The van der Waals surface area contributed by atoms with E-state index in [1.165, 1.54) is 0 Å². The number of nitrogens with one attached hydrogen (secondary N) is 1. The summed E-state index contributed by atoms with van der Waals surface area (Å²) in [7, 11) is 0. The van der Waals surface area contributed by atoms with E-state index < -0.39 is 5.92 Å². The summed E-state index contributed by atoms with van der Waals surface area (Å²) >= 11 is 12.5. The zero-order chi connectivity index (χ0) is 20.0. The van der Waals surface area contributed by atoms with Gasteiger partial charge in [-0.3, -0.25) is 9.59 Å². The van der Waals surface area contributed by atoms with Crippen molar-refractivity contribution in [2.75, 3.05) is 5.32 Å². The number of aromatic nitrogens is 2. The third kappa shape index (κ3) is 3.01. The van der Waals surface area contributed by atoms with Crippen LogP contribution in [0.1, 0.15) is 39.5 Å². The molecule has 0 bridgehead atoms. The second kappa shape index (κ2) is 7.08. The number of aryl methyl sites for hydroxylation is 1. The third-order valence-electron chi connectivity index (χ3n) is 5.03. The van der Waals surface area contributed by atoms with E-state index in [2.05, 4.69) is 10.4 Å². The number of hydrogen-bond acceptors (Lipinski definition) is 3. The van der Waals surface area contributed by atoms with Crippen molar-refractivity contribution in [3.63, 3.8) is 0 Å². The Labute approximate surface area is 172 Å². The van der Waals surface area contributed by atoms with E-state index in [0.717, 1.165) is 11.3 Å². The Morgan fingerprint density at radius 3 is 2.57 bits per heavy atom. The molecule has 1 amide bonds. The van der Waals surface area contributed by atoms with Crippen molar-refractivity contribution in [2.24, 2.45) is 0 Å². The minimum absolute atomic E-state index is 0.0537. The molecule has 1 aliphatic rings. The quantitative estimate of drug-likeness (QED) is 0.607. The molecule has 142 valence electrons. The molecule has 0 radical (unpaired) electrons. The Morgan fingerprint density at radius 1 is 1.11 bits per heavy atom. The van der Waals surface area contributed by atoms with E-state index in [4.69, 9.17) is 23.2 Å². The Morgan fingerprint density at radius 2 is 1.82 bits per heavy atom. The summed E-state index contributed by atoms with van der Waals surface area (Å²) in [5, 5.41) is 8.46. The minimum atomic E-state index is -0.642. The molecular weight excluding hydrogens is 397 g/mol. The van der Waals surface area contributed by atoms with Crippen LogP contribution in [0.15, 0.2) is 42.5 Å². The van der Waals surface area contributed by atoms with Gasteiger partial charge in [-0.1, -0.05) is 41.4 Å². The highest BCUT2D eigenvalue weighted by Crippen LogP contribution is 2.39. The van der Waals surface area contributed by atoms with Gasteiger partial charge in [-0.05, 0) is 43.7 Å². The van der Waals surface area contributed by atoms with Crippen molar-refractivity contribution >= 4 is 40.7 Å². The molecule has 1 unspecified atom stereocenters. The largest absolute Gasteiger partial charge is 0.310 e. The Hall–Kier alpha value is -2.63. The van der Waals surface area contributed by atoms with Gasteiger partial charge in [0.05, 0.1) is 22.3 Å². The predicted molar refractivity (Wildman–Crippen MR) is 110 cm³/mol. The number of rotatable bonds is 3. The first kappa shape index (κ1) is 18.7. The molecule has 2 heterocycles. The van der Waals surface area contributed by atoms with E-state index in [-0.39, 0.29) is 18.1 Å². The second-order valence-electron chi connectivity index (χ2n) is 6.79. The molecule has 1 N–H and O–H groups in total. The summed E-state index contributed by atoms with van der Waals surface area (Å²) in [5.74, 6) is -0.563. The van der Waals surface area contributed by atoms with Crippen LogP contribution in [0.25, 0.3) is 5.69 Å². The molecule has 4 rings (SSSR count). The highest BCUT2D eigenvalue weighted by molar-refractivity contribution is 6.34. The number of hydrogen-bond donors (Lipinski definition) is 1. The first-order chi connectivity index (χ1) is 13.4. The molecule has 1 aliphatic heterocycles. The zero-order valence-corrected chi connectivity index (χ0v) is 16.8. The molecule has 0 spiro atoms. The normalized spacial score (nSPS) is 15.9. The van der Waals surface area contributed by atoms with Crippen molar-refractivity contribution in [1.29, 1.82) is 0 Å². The van der Waals surface area contributed by atoms with Gasteiger partial charge in [-0.25, -0.2) is 4.68 Å². The van der Waals surface area contributed by atoms with E-state index in [0.29, 0.717) is 32.7 Å². The number of anilines is 1. The number of nitrogens with zero attached hydrogens (tertiary/aromatic N) is 2. The summed E-state index contributed by atoms with van der Waals surface area (Å²) in [6.45, 7) is 3.72. The average Bonchev–Trinajstić information content (AvgIpc) is 2.99. The number of benzene rings is 2. The molecule has 0 saturated carbocycles. The molecular formula is C21H17Cl2N3O2. The van der Waals surface area contributed by atoms with Crippen molar-refractivity contribution in [3.05, 3.63) is 74.9 Å². The van der Waals surface area contributed by atoms with Crippen molar-refractivity contribution in [3.8, 4) is 5.69 Å². The zero-order valence-electron chi connectivity index (χ0n) is 15.3. The summed E-state index contributed by atoms with van der Waals surface area (Å²) in [5.41, 5.74) is 3.39. The maximum atomic E-state index is 13.2. The van der Waals surface area contributed by atoms with Crippen LogP contribution in [0.4, 0.5) is 5.82 Å². The fraction of sp³-hybridized carbons (Fsp3) is 0.190. The molecule has 0 aliphatic carbocycles. The smallest absolute Gasteiger partial charge is 0.226 e. The lowest BCUT2D eigenvalue weighted by Crippen LogP contribution is -2.28. The lowest BCUT2D eigenvalue weighted by Gasteiger charge is -2.23. The van der Waals surface area contributed by atoms with Crippen LogP contribution in [-0.2, 0) is 4.79 Å². The molecule has 1 atom stereocenters. The van der Waals surface area contributed by atoms with Crippen LogP contribution in [0.3, 0.4) is 0 Å². The molecule has 28 heavy (non-hydrogen) atoms. The summed E-state index contributed by atoms with van der Waals surface area (Å²) in [6.07, 6.45) is 0.0537. The monoisotopic (exact) mass is 413 g/mol. The van der Waals surface area contributed by atoms with Gasteiger partial charge in [0, 0.05) is 22.6 Å². The number of fused-ring (bicyclic) bond motifs is 1. The Kier molecular flexibility index (Phi) is 4.73. The van der Waals surface area contributed by atoms with Crippen molar-refractivity contribution in [2.45, 2.75) is 26.2 Å². The van der Waals surface area contributed by atoms with Gasteiger partial charge in [0.25, 0.3) is 0 Å². The number of Topliss-reactive ketones (excluding diaryl/α,β-unsaturated/α-hetero) is 1. The molecule has 1 aromatic heterocycles. The van der Waals surface area contributed by atoms with Gasteiger partial charge in [-0.15, -0.1) is 0 Å². The number of halogens is 2. The second-order valence-corrected chi connectivity index (χ2v) is 7.61. The lowest BCUT2D eigenvalue weighted by molar-refractivity contribution is -0.116. The molecule has 0 saturated heterocycles. The number of carbonyl (C=O) groups excluding carboxylic acids is 2. The standard InChI is InChI=1S/C21H17Cl2N3O2/c1-11-15(22)8-5-9-17(11)26-21-19(12(2)25-26)14(10-18(27)24-21)20(28)13-6-3-4-7-16(13)23/h3-9,14H,10H2,1-2H3,(H,24,27). The molecule has 0 fully saturated rings. The first-order valence-electron chi connectivity index (χ1n) is 8.82. The van der Waals surface area contributed by atoms with Gasteiger partial charge >= 0.3 is 0 Å². The van der Waals surface area contributed by atoms with Crippen LogP contribution >= 0.6 is 23.2 Å². The van der Waals surface area contributed by atoms with Gasteiger partial charge in [0.15, 0.2) is 5.78 Å². The average molecular weight is 414 g/mol. The highest BCUT2D eigenvalue weighted by atomic mass is 35.5. The van der Waals surface area contributed by atoms with E-state index in [9.17, 15) is 9.59 Å². The number of ketones is 1. The third-order valence-corrected chi connectivity index (χ3v) is 5.76. The SMILES string of the molecule is Cc1nn(-c2cccc(Cl)c2C)c2c1C(C(=O)c1ccccc1Cl)CC(=O)N2. The summed E-state index contributed by atoms with van der Waals surface area (Å²) < 4.78 is 1.65. The van der Waals surface area contributed by atoms with E-state index >= 15 is 0 Å². The molecule has 5 nitrogen and oxygen atoms in total. The Balaban J connectivity index is 1.87. The maximum Gasteiger partial charge on any atom is 0.226 e. The lowest BCUT2D eigenvalue weighted by atomic mass is 9.85. The minimum Gasteiger partial charge on any atom is -0.310 e. The molecule has 7 heteroatoms. The highest BCUT2D eigenvalue weighted by Gasteiger charge is 2.37. The topological polar surface area (TPSA) is 64.0 Å². The van der Waals surface area contributed by atoms with Crippen molar-refractivity contribution < 1.29 is 9.59 Å². The van der Waals surface area contributed by atoms with Gasteiger partial charge in [-0.2, -0.15) is 5.10 Å². The van der Waals surface area contributed by atoms with Gasteiger partial charge < -0.3 is 5.32 Å². The predicted octanol–water partition coefficient (Wildman–Crippen LogP) is 5.10. The van der Waals surface area contributed by atoms with Crippen molar-refractivity contribution in [1.82, 2.24) is 9.78 Å². The summed E-state index contributed by atoms with van der Waals surface area (Å²) in [6, 6.07) is 12.4. The van der Waals surface area contributed by atoms with E-state index in [1.54, 1.807) is 35.0 Å². The van der Waals surface area contributed by atoms with Crippen LogP contribution in [-0.4, -0.2) is 21.5 Å². The fourth-order valence-electron chi connectivity index (χ4n) is 3.62. The Bertz CT molecular complexity index is 1120. The number of amides is 1. The van der Waals surface area contributed by atoms with Crippen LogP contribution < -0.4 is 5.32 Å².